The average Bonchev–Trinajstić information content (AvgIpc) is 2.67. The lowest BCUT2D eigenvalue weighted by atomic mass is 10.0. The highest BCUT2D eigenvalue weighted by atomic mass is 16.2. The van der Waals surface area contributed by atoms with E-state index in [2.05, 4.69) is 30.3 Å². The van der Waals surface area contributed by atoms with Gasteiger partial charge in [-0.25, -0.2) is 0 Å². The summed E-state index contributed by atoms with van der Waals surface area (Å²) in [5.41, 5.74) is 8.01. The molecule has 0 aliphatic heterocycles. The van der Waals surface area contributed by atoms with Crippen molar-refractivity contribution in [2.75, 3.05) is 10.6 Å². The van der Waals surface area contributed by atoms with Crippen LogP contribution in [0.3, 0.4) is 0 Å². The van der Waals surface area contributed by atoms with Crippen molar-refractivity contribution in [2.45, 2.75) is 19.9 Å². The lowest BCUT2D eigenvalue weighted by Crippen LogP contribution is -2.37. The Balaban J connectivity index is 1.93. The SMILES string of the molecule is CC(C)N(C(=O)c1ccccc1N)c1cccc2cc3ccccc3cc12. The number of hydrogen-bond acceptors (Lipinski definition) is 2. The van der Waals surface area contributed by atoms with Crippen LogP contribution in [0.2, 0.25) is 0 Å². The van der Waals surface area contributed by atoms with Crippen molar-refractivity contribution >= 4 is 38.8 Å². The van der Waals surface area contributed by atoms with Crippen LogP contribution in [0.5, 0.6) is 0 Å². The quantitative estimate of drug-likeness (QED) is 0.383. The van der Waals surface area contributed by atoms with Crippen LogP contribution < -0.4 is 10.6 Å². The number of nitrogens with zero attached hydrogens (tertiary/aromatic N) is 1. The summed E-state index contributed by atoms with van der Waals surface area (Å²) in [6.07, 6.45) is 0. The fourth-order valence-corrected chi connectivity index (χ4v) is 3.60. The topological polar surface area (TPSA) is 46.3 Å². The van der Waals surface area contributed by atoms with Gasteiger partial charge in [0.15, 0.2) is 0 Å². The van der Waals surface area contributed by atoms with Crippen molar-refractivity contribution in [2.24, 2.45) is 0 Å². The maximum atomic E-state index is 13.4. The zero-order chi connectivity index (χ0) is 19.0. The number of amides is 1. The van der Waals surface area contributed by atoms with Crippen LogP contribution in [0.25, 0.3) is 21.5 Å². The number of carbonyl (C=O) groups is 1. The van der Waals surface area contributed by atoms with Crippen molar-refractivity contribution in [1.82, 2.24) is 0 Å². The Hall–Kier alpha value is -3.33. The summed E-state index contributed by atoms with van der Waals surface area (Å²) < 4.78 is 0. The molecule has 4 aromatic rings. The van der Waals surface area contributed by atoms with Crippen LogP contribution in [0.4, 0.5) is 11.4 Å². The van der Waals surface area contributed by atoms with E-state index in [4.69, 9.17) is 5.73 Å². The van der Waals surface area contributed by atoms with Gasteiger partial charge in [0.2, 0.25) is 0 Å². The van der Waals surface area contributed by atoms with Gasteiger partial charge in [-0.1, -0.05) is 48.5 Å². The molecule has 27 heavy (non-hydrogen) atoms. The molecular weight excluding hydrogens is 332 g/mol. The normalized spacial score (nSPS) is 11.2. The third kappa shape index (κ3) is 3.02. The highest BCUT2D eigenvalue weighted by molar-refractivity contribution is 6.14. The van der Waals surface area contributed by atoms with Crippen LogP contribution in [0.15, 0.2) is 78.9 Å². The van der Waals surface area contributed by atoms with E-state index in [0.29, 0.717) is 11.3 Å². The first-order valence-corrected chi connectivity index (χ1v) is 9.16. The van der Waals surface area contributed by atoms with Gasteiger partial charge in [-0.3, -0.25) is 4.79 Å². The van der Waals surface area contributed by atoms with E-state index in [1.165, 1.54) is 5.39 Å². The first-order chi connectivity index (χ1) is 13.1. The molecule has 0 spiro atoms. The van der Waals surface area contributed by atoms with Gasteiger partial charge in [0.1, 0.15) is 0 Å². The number of nitrogens with two attached hydrogens (primary N) is 1. The van der Waals surface area contributed by atoms with Crippen LogP contribution in [0, 0.1) is 0 Å². The fraction of sp³-hybridized carbons (Fsp3) is 0.125. The van der Waals surface area contributed by atoms with Gasteiger partial charge >= 0.3 is 0 Å². The van der Waals surface area contributed by atoms with Crippen LogP contribution >= 0.6 is 0 Å². The van der Waals surface area contributed by atoms with E-state index in [0.717, 1.165) is 21.8 Å². The Morgan fingerprint density at radius 3 is 2.15 bits per heavy atom. The third-order valence-corrected chi connectivity index (χ3v) is 4.91. The Bertz CT molecular complexity index is 1150. The summed E-state index contributed by atoms with van der Waals surface area (Å²) in [5, 5.41) is 4.53. The van der Waals surface area contributed by atoms with Crippen LogP contribution in [0.1, 0.15) is 24.2 Å². The van der Waals surface area contributed by atoms with Crippen molar-refractivity contribution in [3.05, 3.63) is 84.4 Å². The number of fused-ring (bicyclic) bond motifs is 2. The van der Waals surface area contributed by atoms with Crippen molar-refractivity contribution in [3.8, 4) is 0 Å². The molecule has 2 N–H and O–H groups in total. The van der Waals surface area contributed by atoms with Gasteiger partial charge in [-0.2, -0.15) is 0 Å². The van der Waals surface area contributed by atoms with Crippen molar-refractivity contribution in [1.29, 1.82) is 0 Å². The molecule has 0 aromatic heterocycles. The largest absolute Gasteiger partial charge is 0.398 e. The number of anilines is 2. The number of nitrogen functional groups attached to an aromatic ring is 1. The maximum absolute atomic E-state index is 13.4. The summed E-state index contributed by atoms with van der Waals surface area (Å²) in [6.45, 7) is 4.05. The average molecular weight is 354 g/mol. The summed E-state index contributed by atoms with van der Waals surface area (Å²) in [7, 11) is 0. The zero-order valence-electron chi connectivity index (χ0n) is 15.5. The molecular formula is C24H22N2O. The Kier molecular flexibility index (Phi) is 4.28. The molecule has 4 aromatic carbocycles. The van der Waals surface area contributed by atoms with E-state index in [9.17, 15) is 4.79 Å². The Morgan fingerprint density at radius 1 is 0.815 bits per heavy atom. The minimum absolute atomic E-state index is 0.00539. The first-order valence-electron chi connectivity index (χ1n) is 9.16. The predicted molar refractivity (Wildman–Crippen MR) is 114 cm³/mol. The number of benzene rings is 4. The number of hydrogen-bond donors (Lipinski definition) is 1. The molecule has 134 valence electrons. The molecule has 0 saturated heterocycles. The summed E-state index contributed by atoms with van der Waals surface area (Å²) in [4.78, 5) is 15.2. The van der Waals surface area contributed by atoms with Crippen molar-refractivity contribution in [3.63, 3.8) is 0 Å². The van der Waals surface area contributed by atoms with Gasteiger partial charge in [0, 0.05) is 17.1 Å². The smallest absolute Gasteiger partial charge is 0.260 e. The molecule has 0 radical (unpaired) electrons. The van der Waals surface area contributed by atoms with Gasteiger partial charge in [-0.05, 0) is 60.3 Å². The molecule has 3 heteroatoms. The summed E-state index contributed by atoms with van der Waals surface area (Å²) >= 11 is 0. The van der Waals surface area contributed by atoms with E-state index >= 15 is 0 Å². The van der Waals surface area contributed by atoms with Gasteiger partial charge < -0.3 is 10.6 Å². The minimum atomic E-state index is -0.0799. The number of rotatable bonds is 3. The van der Waals surface area contributed by atoms with E-state index in [1.807, 2.05) is 55.1 Å². The first kappa shape index (κ1) is 17.1. The second kappa shape index (κ2) is 6.76. The van der Waals surface area contributed by atoms with E-state index in [1.54, 1.807) is 12.1 Å². The van der Waals surface area contributed by atoms with Crippen molar-refractivity contribution < 1.29 is 4.79 Å². The molecule has 1 amide bonds. The Labute approximate surface area is 159 Å². The lowest BCUT2D eigenvalue weighted by molar-refractivity contribution is 0.0981. The third-order valence-electron chi connectivity index (χ3n) is 4.91. The van der Waals surface area contributed by atoms with Gasteiger partial charge in [0.25, 0.3) is 5.91 Å². The van der Waals surface area contributed by atoms with E-state index < -0.39 is 0 Å². The lowest BCUT2D eigenvalue weighted by Gasteiger charge is -2.29. The maximum Gasteiger partial charge on any atom is 0.260 e. The molecule has 0 heterocycles. The molecule has 0 fully saturated rings. The summed E-state index contributed by atoms with van der Waals surface area (Å²) in [6, 6.07) is 26.0. The highest BCUT2D eigenvalue weighted by Gasteiger charge is 2.23. The van der Waals surface area contributed by atoms with Crippen LogP contribution in [-0.4, -0.2) is 11.9 Å². The number of para-hydroxylation sites is 1. The zero-order valence-corrected chi connectivity index (χ0v) is 15.5. The highest BCUT2D eigenvalue weighted by Crippen LogP contribution is 2.33. The number of carbonyl (C=O) groups excluding carboxylic acids is 1. The standard InChI is InChI=1S/C24H22N2O/c1-16(2)26(24(27)20-11-5-6-12-22(20)25)23-13-7-10-19-14-17-8-3-4-9-18(17)15-21(19)23/h3-16H,25H2,1-2H3. The minimum Gasteiger partial charge on any atom is -0.398 e. The molecule has 4 rings (SSSR count). The molecule has 0 saturated carbocycles. The second-order valence-electron chi connectivity index (χ2n) is 7.05. The molecule has 0 atom stereocenters. The molecule has 0 aliphatic rings. The molecule has 3 nitrogen and oxygen atoms in total. The second-order valence-corrected chi connectivity index (χ2v) is 7.05. The monoisotopic (exact) mass is 354 g/mol. The summed E-state index contributed by atoms with van der Waals surface area (Å²) in [5.74, 6) is -0.0799. The van der Waals surface area contributed by atoms with Gasteiger partial charge in [0.05, 0.1) is 11.3 Å². The molecule has 0 aliphatic carbocycles. The van der Waals surface area contributed by atoms with Crippen LogP contribution in [-0.2, 0) is 0 Å². The van der Waals surface area contributed by atoms with E-state index in [-0.39, 0.29) is 11.9 Å². The Morgan fingerprint density at radius 2 is 1.44 bits per heavy atom. The molecule has 0 bridgehead atoms. The predicted octanol–water partition coefficient (Wildman–Crippen LogP) is 5.63. The fourth-order valence-electron chi connectivity index (χ4n) is 3.60. The van der Waals surface area contributed by atoms with Gasteiger partial charge in [-0.15, -0.1) is 0 Å². The molecule has 0 unspecified atom stereocenters.